The van der Waals surface area contributed by atoms with E-state index in [4.69, 9.17) is 0 Å². The number of H-pyrrole nitrogens is 1. The highest BCUT2D eigenvalue weighted by molar-refractivity contribution is 8.93. The van der Waals surface area contributed by atoms with Crippen LogP contribution in [0, 0.1) is 0 Å². The number of nitrogens with zero attached hydrogens (tertiary/aromatic N) is 3. The third-order valence-corrected chi connectivity index (χ3v) is 5.74. The fraction of sp³-hybridized carbons (Fsp3) is 0.192. The maximum absolute atomic E-state index is 13.0. The molecular formula is C26H28BrN5O5. The molecule has 0 fully saturated rings. The molecule has 2 amide bonds. The molecule has 4 aromatic rings. The second kappa shape index (κ2) is 11.3. The van der Waals surface area contributed by atoms with Gasteiger partial charge in [0.05, 0.1) is 22.4 Å². The van der Waals surface area contributed by atoms with Crippen molar-refractivity contribution in [2.24, 2.45) is 0 Å². The molecule has 0 atom stereocenters. The Labute approximate surface area is 223 Å². The van der Waals surface area contributed by atoms with Crippen LogP contribution in [0.25, 0.3) is 22.3 Å². The summed E-state index contributed by atoms with van der Waals surface area (Å²) in [7, 11) is 5.37. The standard InChI is InChI=1S/C26H27N5O5.BrH/c1-30(2)11-10-27-25(35)16-6-4-15(5-7-16)18-8-9-19-20(28-18)14-21(29-19)26(36)31(3)17-12-22(32)24(34)23(33)13-17;/h4-9,12-14,29,32-34H,10-11H2,1-3H3,(H,27,35);1H. The van der Waals surface area contributed by atoms with Gasteiger partial charge in [-0.15, -0.1) is 17.0 Å². The van der Waals surface area contributed by atoms with Gasteiger partial charge in [0.15, 0.2) is 17.2 Å². The summed E-state index contributed by atoms with van der Waals surface area (Å²) in [5.74, 6) is -2.29. The summed E-state index contributed by atoms with van der Waals surface area (Å²) in [5.41, 5.74) is 3.75. The lowest BCUT2D eigenvalue weighted by atomic mass is 10.1. The van der Waals surface area contributed by atoms with E-state index in [0.717, 1.165) is 12.1 Å². The smallest absolute Gasteiger partial charge is 0.274 e. The number of nitrogens with one attached hydrogen (secondary N) is 2. The van der Waals surface area contributed by atoms with Gasteiger partial charge in [-0.1, -0.05) is 12.1 Å². The molecule has 194 valence electrons. The largest absolute Gasteiger partial charge is 0.504 e. The number of aromatic nitrogens is 2. The van der Waals surface area contributed by atoms with Crippen molar-refractivity contribution in [3.63, 3.8) is 0 Å². The minimum absolute atomic E-state index is 0. The number of halogens is 1. The molecule has 0 aliphatic carbocycles. The molecule has 10 nitrogen and oxygen atoms in total. The zero-order valence-corrected chi connectivity index (χ0v) is 22.2. The number of phenolic OH excluding ortho intramolecular Hbond substituents is 3. The summed E-state index contributed by atoms with van der Waals surface area (Å²) >= 11 is 0. The molecule has 2 heterocycles. The molecule has 37 heavy (non-hydrogen) atoms. The van der Waals surface area contributed by atoms with E-state index in [1.165, 1.54) is 24.1 Å². The summed E-state index contributed by atoms with van der Waals surface area (Å²) in [6, 6.07) is 14.7. The molecule has 0 aliphatic heterocycles. The Morgan fingerprint density at radius 1 is 0.946 bits per heavy atom. The molecule has 11 heteroatoms. The predicted molar refractivity (Wildman–Crippen MR) is 147 cm³/mol. The van der Waals surface area contributed by atoms with Crippen LogP contribution in [0.1, 0.15) is 20.8 Å². The molecular weight excluding hydrogens is 542 g/mol. The average molecular weight is 570 g/mol. The van der Waals surface area contributed by atoms with Crippen molar-refractivity contribution in [2.45, 2.75) is 0 Å². The van der Waals surface area contributed by atoms with Crippen LogP contribution in [0.5, 0.6) is 17.2 Å². The Morgan fingerprint density at radius 3 is 2.22 bits per heavy atom. The van der Waals surface area contributed by atoms with Gasteiger partial charge in [-0.3, -0.25) is 9.59 Å². The number of rotatable bonds is 7. The van der Waals surface area contributed by atoms with Crippen molar-refractivity contribution in [3.05, 3.63) is 65.9 Å². The van der Waals surface area contributed by atoms with Crippen molar-refractivity contribution in [2.75, 3.05) is 39.1 Å². The molecule has 0 saturated heterocycles. The number of amides is 2. The molecule has 4 rings (SSSR count). The quantitative estimate of drug-likeness (QED) is 0.214. The van der Waals surface area contributed by atoms with E-state index in [1.54, 1.807) is 18.2 Å². The van der Waals surface area contributed by atoms with Crippen LogP contribution >= 0.6 is 17.0 Å². The van der Waals surface area contributed by atoms with E-state index in [0.29, 0.717) is 28.8 Å². The lowest BCUT2D eigenvalue weighted by Crippen LogP contribution is -2.31. The molecule has 0 unspecified atom stereocenters. The third-order valence-electron chi connectivity index (χ3n) is 5.74. The van der Waals surface area contributed by atoms with Crippen molar-refractivity contribution >= 4 is 45.5 Å². The van der Waals surface area contributed by atoms with Crippen molar-refractivity contribution in [1.82, 2.24) is 20.2 Å². The van der Waals surface area contributed by atoms with Gasteiger partial charge < -0.3 is 35.4 Å². The molecule has 0 aliphatic rings. The Kier molecular flexibility index (Phi) is 8.41. The highest BCUT2D eigenvalue weighted by Gasteiger charge is 2.19. The molecule has 0 spiro atoms. The SMILES string of the molecule is Br.CN(C)CCNC(=O)c1ccc(-c2ccc3[nH]c(C(=O)N(C)c4cc(O)c(O)c(O)c4)cc3n2)cc1. The van der Waals surface area contributed by atoms with E-state index in [1.807, 2.05) is 43.3 Å². The number of benzene rings is 2. The minimum atomic E-state index is -0.653. The first-order valence-electron chi connectivity index (χ1n) is 11.2. The number of aromatic hydroxyl groups is 3. The summed E-state index contributed by atoms with van der Waals surface area (Å²) < 4.78 is 0. The van der Waals surface area contributed by atoms with Crippen LogP contribution in [0.4, 0.5) is 5.69 Å². The number of phenols is 3. The normalized spacial score (nSPS) is 10.8. The van der Waals surface area contributed by atoms with Crippen molar-refractivity contribution < 1.29 is 24.9 Å². The maximum atomic E-state index is 13.0. The van der Waals surface area contributed by atoms with E-state index in [-0.39, 0.29) is 34.3 Å². The summed E-state index contributed by atoms with van der Waals surface area (Å²) in [5, 5.41) is 31.9. The Bertz CT molecular complexity index is 1410. The van der Waals surface area contributed by atoms with E-state index >= 15 is 0 Å². The van der Waals surface area contributed by atoms with Gasteiger partial charge in [-0.2, -0.15) is 0 Å². The summed E-state index contributed by atoms with van der Waals surface area (Å²) in [6.07, 6.45) is 0. The first-order chi connectivity index (χ1) is 17.1. The molecule has 2 aromatic carbocycles. The number of hydrogen-bond donors (Lipinski definition) is 5. The van der Waals surface area contributed by atoms with Crippen LogP contribution in [-0.2, 0) is 0 Å². The summed E-state index contributed by atoms with van der Waals surface area (Å²) in [6.45, 7) is 1.31. The van der Waals surface area contributed by atoms with E-state index in [9.17, 15) is 24.9 Å². The zero-order valence-electron chi connectivity index (χ0n) is 20.5. The second-order valence-corrected chi connectivity index (χ2v) is 8.65. The number of hydrogen-bond acceptors (Lipinski definition) is 7. The number of aromatic amines is 1. The third kappa shape index (κ3) is 6.01. The van der Waals surface area contributed by atoms with Gasteiger partial charge in [0.2, 0.25) is 0 Å². The maximum Gasteiger partial charge on any atom is 0.274 e. The van der Waals surface area contributed by atoms with Gasteiger partial charge in [-0.05, 0) is 44.4 Å². The Balaban J connectivity index is 0.00000380. The monoisotopic (exact) mass is 569 g/mol. The van der Waals surface area contributed by atoms with Crippen molar-refractivity contribution in [3.8, 4) is 28.5 Å². The molecule has 0 bridgehead atoms. The lowest BCUT2D eigenvalue weighted by molar-refractivity contribution is 0.0949. The first-order valence-corrected chi connectivity index (χ1v) is 11.2. The number of pyridine rings is 1. The lowest BCUT2D eigenvalue weighted by Gasteiger charge is -2.17. The Morgan fingerprint density at radius 2 is 1.59 bits per heavy atom. The fourth-order valence-electron chi connectivity index (χ4n) is 3.65. The zero-order chi connectivity index (χ0) is 26.0. The minimum Gasteiger partial charge on any atom is -0.504 e. The number of fused-ring (bicyclic) bond motifs is 1. The molecule has 2 aromatic heterocycles. The van der Waals surface area contributed by atoms with Gasteiger partial charge in [0, 0.05) is 43.4 Å². The van der Waals surface area contributed by atoms with Crippen LogP contribution in [0.15, 0.2) is 54.6 Å². The van der Waals surface area contributed by atoms with E-state index in [2.05, 4.69) is 15.3 Å². The predicted octanol–water partition coefficient (Wildman–Crippen LogP) is 3.49. The van der Waals surface area contributed by atoms with Crippen molar-refractivity contribution in [1.29, 1.82) is 0 Å². The topological polar surface area (TPSA) is 142 Å². The number of carbonyl (C=O) groups excluding carboxylic acids is 2. The molecule has 5 N–H and O–H groups in total. The second-order valence-electron chi connectivity index (χ2n) is 8.65. The first kappa shape index (κ1) is 27.5. The molecule has 0 radical (unpaired) electrons. The van der Waals surface area contributed by atoms with Gasteiger partial charge in [0.1, 0.15) is 5.69 Å². The van der Waals surface area contributed by atoms with Crippen LogP contribution in [0.3, 0.4) is 0 Å². The number of anilines is 1. The van der Waals surface area contributed by atoms with E-state index < -0.39 is 23.2 Å². The van der Waals surface area contributed by atoms with Gasteiger partial charge in [0.25, 0.3) is 11.8 Å². The fourth-order valence-corrected chi connectivity index (χ4v) is 3.65. The number of likely N-dealkylation sites (N-methyl/N-ethyl adjacent to an activating group) is 1. The van der Waals surface area contributed by atoms with Crippen LogP contribution in [0.2, 0.25) is 0 Å². The van der Waals surface area contributed by atoms with Gasteiger partial charge >= 0.3 is 0 Å². The highest BCUT2D eigenvalue weighted by atomic mass is 79.9. The highest BCUT2D eigenvalue weighted by Crippen LogP contribution is 2.38. The Hall–Kier alpha value is -4.09. The van der Waals surface area contributed by atoms with Crippen LogP contribution < -0.4 is 10.2 Å². The van der Waals surface area contributed by atoms with Crippen LogP contribution in [-0.4, -0.2) is 76.2 Å². The molecule has 0 saturated carbocycles. The number of carbonyl (C=O) groups is 2. The summed E-state index contributed by atoms with van der Waals surface area (Å²) in [4.78, 5) is 36.2. The average Bonchev–Trinajstić information content (AvgIpc) is 3.29. The van der Waals surface area contributed by atoms with Gasteiger partial charge in [-0.25, -0.2) is 4.98 Å².